The summed E-state index contributed by atoms with van der Waals surface area (Å²) in [4.78, 5) is 13.2. The van der Waals surface area contributed by atoms with Crippen LogP contribution in [0.2, 0.25) is 5.02 Å². The van der Waals surface area contributed by atoms with Gasteiger partial charge in [-0.3, -0.25) is 10.1 Å². The molecule has 0 aliphatic carbocycles. The fourth-order valence-electron chi connectivity index (χ4n) is 1.23. The van der Waals surface area contributed by atoms with Crippen molar-refractivity contribution in [3.8, 4) is 0 Å². The SMILES string of the molecule is CCn1nnc(NC(=O)c2cccc(Cl)c2)n1. The van der Waals surface area contributed by atoms with E-state index in [0.29, 0.717) is 17.1 Å². The van der Waals surface area contributed by atoms with E-state index in [0.717, 1.165) is 0 Å². The Labute approximate surface area is 103 Å². The number of hydrogen-bond acceptors (Lipinski definition) is 4. The molecule has 0 bridgehead atoms. The summed E-state index contributed by atoms with van der Waals surface area (Å²) in [6.07, 6.45) is 0. The molecule has 0 saturated carbocycles. The number of aryl methyl sites for hydroxylation is 1. The van der Waals surface area contributed by atoms with Crippen LogP contribution in [0.25, 0.3) is 0 Å². The number of aromatic nitrogens is 4. The Morgan fingerprint density at radius 3 is 3.00 bits per heavy atom. The van der Waals surface area contributed by atoms with Gasteiger partial charge in [0.05, 0.1) is 6.54 Å². The summed E-state index contributed by atoms with van der Waals surface area (Å²) in [5.41, 5.74) is 0.449. The van der Waals surface area contributed by atoms with E-state index in [1.165, 1.54) is 4.80 Å². The van der Waals surface area contributed by atoms with Crippen molar-refractivity contribution in [1.29, 1.82) is 0 Å². The van der Waals surface area contributed by atoms with Crippen LogP contribution in [0.15, 0.2) is 24.3 Å². The highest BCUT2D eigenvalue weighted by atomic mass is 35.5. The smallest absolute Gasteiger partial charge is 0.270 e. The zero-order valence-corrected chi connectivity index (χ0v) is 9.85. The van der Waals surface area contributed by atoms with Crippen LogP contribution in [-0.4, -0.2) is 26.1 Å². The molecular formula is C10H10ClN5O. The minimum Gasteiger partial charge on any atom is -0.288 e. The number of carbonyl (C=O) groups is 1. The highest BCUT2D eigenvalue weighted by Crippen LogP contribution is 2.11. The molecule has 2 aromatic rings. The molecular weight excluding hydrogens is 242 g/mol. The van der Waals surface area contributed by atoms with Gasteiger partial charge in [-0.2, -0.15) is 4.80 Å². The number of amides is 1. The van der Waals surface area contributed by atoms with Crippen LogP contribution in [0.4, 0.5) is 5.95 Å². The van der Waals surface area contributed by atoms with Gasteiger partial charge in [0, 0.05) is 10.6 Å². The van der Waals surface area contributed by atoms with Gasteiger partial charge in [0.15, 0.2) is 0 Å². The summed E-state index contributed by atoms with van der Waals surface area (Å²) in [5, 5.41) is 14.4. The minimum atomic E-state index is -0.317. The van der Waals surface area contributed by atoms with Crippen molar-refractivity contribution in [3.63, 3.8) is 0 Å². The summed E-state index contributed by atoms with van der Waals surface area (Å²) < 4.78 is 0. The van der Waals surface area contributed by atoms with E-state index in [1.807, 2.05) is 6.92 Å². The first-order chi connectivity index (χ1) is 8.19. The monoisotopic (exact) mass is 251 g/mol. The third-order valence-corrected chi connectivity index (χ3v) is 2.28. The molecule has 0 saturated heterocycles. The van der Waals surface area contributed by atoms with Gasteiger partial charge in [0.25, 0.3) is 11.9 Å². The van der Waals surface area contributed by atoms with Crippen LogP contribution < -0.4 is 5.32 Å². The van der Waals surface area contributed by atoms with Gasteiger partial charge in [0.1, 0.15) is 0 Å². The van der Waals surface area contributed by atoms with Crippen LogP contribution in [0.1, 0.15) is 17.3 Å². The quantitative estimate of drug-likeness (QED) is 0.899. The Hall–Kier alpha value is -1.95. The maximum absolute atomic E-state index is 11.8. The summed E-state index contributed by atoms with van der Waals surface area (Å²) in [6, 6.07) is 6.63. The predicted octanol–water partition coefficient (Wildman–Crippen LogP) is 1.60. The molecule has 2 rings (SSSR count). The van der Waals surface area contributed by atoms with Crippen molar-refractivity contribution in [2.24, 2.45) is 0 Å². The number of benzene rings is 1. The standard InChI is InChI=1S/C10H10ClN5O/c1-2-16-14-10(13-15-16)12-9(17)7-4-3-5-8(11)6-7/h3-6H,2H2,1H3,(H,12,14,17). The molecule has 1 amide bonds. The molecule has 0 aliphatic rings. The fraction of sp³-hybridized carbons (Fsp3) is 0.200. The highest BCUT2D eigenvalue weighted by molar-refractivity contribution is 6.31. The second kappa shape index (κ2) is 4.92. The molecule has 0 atom stereocenters. The molecule has 7 heteroatoms. The summed E-state index contributed by atoms with van der Waals surface area (Å²) >= 11 is 5.79. The van der Waals surface area contributed by atoms with Crippen molar-refractivity contribution < 1.29 is 4.79 Å². The fourth-order valence-corrected chi connectivity index (χ4v) is 1.42. The first-order valence-corrected chi connectivity index (χ1v) is 5.41. The average molecular weight is 252 g/mol. The molecule has 1 aromatic carbocycles. The van der Waals surface area contributed by atoms with Crippen molar-refractivity contribution in [3.05, 3.63) is 34.9 Å². The van der Waals surface area contributed by atoms with Crippen LogP contribution in [-0.2, 0) is 6.54 Å². The molecule has 0 unspecified atom stereocenters. The Morgan fingerprint density at radius 1 is 1.53 bits per heavy atom. The maximum atomic E-state index is 11.8. The van der Waals surface area contributed by atoms with Crippen LogP contribution >= 0.6 is 11.6 Å². The molecule has 1 N–H and O–H groups in total. The van der Waals surface area contributed by atoms with Crippen molar-refractivity contribution >= 4 is 23.5 Å². The first-order valence-electron chi connectivity index (χ1n) is 5.04. The maximum Gasteiger partial charge on any atom is 0.270 e. The summed E-state index contributed by atoms with van der Waals surface area (Å²) in [6.45, 7) is 2.48. The molecule has 6 nitrogen and oxygen atoms in total. The Balaban J connectivity index is 2.11. The highest BCUT2D eigenvalue weighted by Gasteiger charge is 2.09. The number of nitrogens with zero attached hydrogens (tertiary/aromatic N) is 4. The van der Waals surface area contributed by atoms with Crippen LogP contribution in [0.3, 0.4) is 0 Å². The zero-order valence-electron chi connectivity index (χ0n) is 9.09. The van der Waals surface area contributed by atoms with Gasteiger partial charge < -0.3 is 0 Å². The third kappa shape index (κ3) is 2.79. The van der Waals surface area contributed by atoms with Crippen molar-refractivity contribution in [2.75, 3.05) is 5.32 Å². The number of hydrogen-bond donors (Lipinski definition) is 1. The Kier molecular flexibility index (Phi) is 3.34. The van der Waals surface area contributed by atoms with E-state index >= 15 is 0 Å². The summed E-state index contributed by atoms with van der Waals surface area (Å²) in [7, 11) is 0. The first kappa shape index (κ1) is 11.5. The molecule has 88 valence electrons. The topological polar surface area (TPSA) is 72.7 Å². The number of carbonyl (C=O) groups excluding carboxylic acids is 1. The summed E-state index contributed by atoms with van der Waals surface area (Å²) in [5.74, 6) is -0.139. The van der Waals surface area contributed by atoms with Crippen molar-refractivity contribution in [1.82, 2.24) is 20.2 Å². The largest absolute Gasteiger partial charge is 0.288 e. The molecule has 0 radical (unpaired) electrons. The Bertz CT molecular complexity index is 539. The molecule has 17 heavy (non-hydrogen) atoms. The third-order valence-electron chi connectivity index (χ3n) is 2.05. The number of rotatable bonds is 3. The van der Waals surface area contributed by atoms with Gasteiger partial charge in [-0.25, -0.2) is 0 Å². The predicted molar refractivity (Wildman–Crippen MR) is 62.9 cm³/mol. The lowest BCUT2D eigenvalue weighted by Gasteiger charge is -2.00. The molecule has 1 aromatic heterocycles. The zero-order chi connectivity index (χ0) is 12.3. The van der Waals surface area contributed by atoms with Gasteiger partial charge in [-0.05, 0) is 30.3 Å². The lowest BCUT2D eigenvalue weighted by molar-refractivity contribution is 0.102. The number of halogens is 1. The van der Waals surface area contributed by atoms with E-state index in [9.17, 15) is 4.79 Å². The van der Waals surface area contributed by atoms with E-state index in [1.54, 1.807) is 24.3 Å². The van der Waals surface area contributed by atoms with E-state index in [2.05, 4.69) is 20.7 Å². The molecule has 0 fully saturated rings. The number of tetrazole rings is 1. The van der Waals surface area contributed by atoms with Gasteiger partial charge in [-0.15, -0.1) is 5.10 Å². The van der Waals surface area contributed by atoms with Gasteiger partial charge >= 0.3 is 0 Å². The van der Waals surface area contributed by atoms with Gasteiger partial charge in [0.2, 0.25) is 0 Å². The van der Waals surface area contributed by atoms with E-state index in [-0.39, 0.29) is 11.9 Å². The normalized spacial score (nSPS) is 10.2. The average Bonchev–Trinajstić information content (AvgIpc) is 2.77. The molecule has 0 aliphatic heterocycles. The minimum absolute atomic E-state index is 0.178. The van der Waals surface area contributed by atoms with Gasteiger partial charge in [-0.1, -0.05) is 22.8 Å². The lowest BCUT2D eigenvalue weighted by Crippen LogP contribution is -2.13. The van der Waals surface area contributed by atoms with E-state index < -0.39 is 0 Å². The van der Waals surface area contributed by atoms with Crippen LogP contribution in [0, 0.1) is 0 Å². The Morgan fingerprint density at radius 2 is 2.35 bits per heavy atom. The molecule has 1 heterocycles. The molecule has 0 spiro atoms. The van der Waals surface area contributed by atoms with Crippen molar-refractivity contribution in [2.45, 2.75) is 13.5 Å². The second-order valence-corrected chi connectivity index (χ2v) is 3.70. The van der Waals surface area contributed by atoms with E-state index in [4.69, 9.17) is 11.6 Å². The number of nitrogens with one attached hydrogen (secondary N) is 1. The number of anilines is 1. The lowest BCUT2D eigenvalue weighted by atomic mass is 10.2. The van der Waals surface area contributed by atoms with Crippen LogP contribution in [0.5, 0.6) is 0 Å². The second-order valence-electron chi connectivity index (χ2n) is 3.27.